The molecule has 2 unspecified atom stereocenters. The summed E-state index contributed by atoms with van der Waals surface area (Å²) < 4.78 is 28.7. The van der Waals surface area contributed by atoms with E-state index in [9.17, 15) is 13.2 Å². The Kier molecular flexibility index (Phi) is 4.56. The molecule has 21 heavy (non-hydrogen) atoms. The monoisotopic (exact) mass is 311 g/mol. The zero-order valence-corrected chi connectivity index (χ0v) is 13.2. The highest BCUT2D eigenvalue weighted by atomic mass is 32.2. The molecule has 0 bridgehead atoms. The van der Waals surface area contributed by atoms with E-state index < -0.39 is 21.1 Å². The summed E-state index contributed by atoms with van der Waals surface area (Å²) in [5, 5.41) is -0.406. The fourth-order valence-electron chi connectivity index (χ4n) is 2.73. The molecule has 0 aliphatic heterocycles. The van der Waals surface area contributed by atoms with E-state index in [4.69, 9.17) is 10.5 Å². The number of benzene rings is 1. The maximum Gasteiger partial charge on any atom is 0.338 e. The molecule has 1 saturated carbocycles. The van der Waals surface area contributed by atoms with Crippen LogP contribution in [0.2, 0.25) is 0 Å². The molecule has 0 saturated heterocycles. The van der Waals surface area contributed by atoms with E-state index in [1.54, 1.807) is 25.1 Å². The summed E-state index contributed by atoms with van der Waals surface area (Å²) in [5.41, 5.74) is 7.49. The van der Waals surface area contributed by atoms with Crippen LogP contribution in [0.1, 0.15) is 41.6 Å². The number of rotatable bonds is 3. The summed E-state index contributed by atoms with van der Waals surface area (Å²) >= 11 is 0. The minimum Gasteiger partial charge on any atom is -0.459 e. The van der Waals surface area contributed by atoms with Gasteiger partial charge in [0, 0.05) is 18.4 Å². The molecule has 2 rings (SSSR count). The largest absolute Gasteiger partial charge is 0.459 e. The second-order valence-electron chi connectivity index (χ2n) is 5.72. The van der Waals surface area contributed by atoms with E-state index in [2.05, 4.69) is 0 Å². The fraction of sp³-hybridized carbons (Fsp3) is 0.533. The predicted molar refractivity (Wildman–Crippen MR) is 81.9 cm³/mol. The molecule has 2 N–H and O–H groups in total. The third-order valence-corrected chi connectivity index (χ3v) is 5.57. The van der Waals surface area contributed by atoms with Crippen LogP contribution in [0.15, 0.2) is 18.2 Å². The first-order valence-electron chi connectivity index (χ1n) is 7.03. The number of carbonyl (C=O) groups is 1. The van der Waals surface area contributed by atoms with Crippen molar-refractivity contribution in [1.82, 2.24) is 0 Å². The van der Waals surface area contributed by atoms with Gasteiger partial charge in [0.1, 0.15) is 15.9 Å². The van der Waals surface area contributed by atoms with E-state index in [0.717, 1.165) is 12.0 Å². The Hall–Kier alpha value is -1.56. The maximum absolute atomic E-state index is 12.2. The van der Waals surface area contributed by atoms with Crippen LogP contribution in [0, 0.1) is 6.92 Å². The molecule has 0 spiro atoms. The number of hydrogen-bond acceptors (Lipinski definition) is 5. The normalized spacial score (nSPS) is 22.8. The molecular weight excluding hydrogens is 290 g/mol. The van der Waals surface area contributed by atoms with Gasteiger partial charge < -0.3 is 10.5 Å². The molecule has 0 amide bonds. The molecule has 1 fully saturated rings. The van der Waals surface area contributed by atoms with Crippen LogP contribution >= 0.6 is 0 Å². The standard InChI is InChI=1S/C15H21NO4S/c1-10-8-11(16)6-7-14(10)15(17)20-12-4-3-5-13(9-12)21(2,18)19/h6-8,12-13H,3-5,9,16H2,1-2H3. The van der Waals surface area contributed by atoms with Gasteiger partial charge in [0.25, 0.3) is 0 Å². The van der Waals surface area contributed by atoms with Crippen molar-refractivity contribution in [2.45, 2.75) is 44.0 Å². The van der Waals surface area contributed by atoms with Crippen molar-refractivity contribution in [2.75, 3.05) is 12.0 Å². The smallest absolute Gasteiger partial charge is 0.338 e. The molecule has 1 aliphatic rings. The molecule has 2 atom stereocenters. The maximum atomic E-state index is 12.2. The van der Waals surface area contributed by atoms with E-state index in [1.807, 2.05) is 0 Å². The zero-order chi connectivity index (χ0) is 15.6. The summed E-state index contributed by atoms with van der Waals surface area (Å²) in [4.78, 5) is 12.2. The lowest BCUT2D eigenvalue weighted by molar-refractivity contribution is 0.0214. The zero-order valence-electron chi connectivity index (χ0n) is 12.3. The number of esters is 1. The molecule has 0 radical (unpaired) electrons. The third kappa shape index (κ3) is 3.97. The van der Waals surface area contributed by atoms with Gasteiger partial charge in [0.2, 0.25) is 0 Å². The van der Waals surface area contributed by atoms with Gasteiger partial charge in [-0.2, -0.15) is 0 Å². The molecule has 0 heterocycles. The summed E-state index contributed by atoms with van der Waals surface area (Å²) in [7, 11) is -3.08. The van der Waals surface area contributed by atoms with Gasteiger partial charge in [-0.05, 0) is 49.9 Å². The summed E-state index contributed by atoms with van der Waals surface area (Å²) in [6.07, 6.45) is 3.42. The molecule has 6 heteroatoms. The SMILES string of the molecule is Cc1cc(N)ccc1C(=O)OC1CCCC(S(C)(=O)=O)C1. The Balaban J connectivity index is 2.05. The molecule has 5 nitrogen and oxygen atoms in total. The first-order chi connectivity index (χ1) is 9.77. The highest BCUT2D eigenvalue weighted by Crippen LogP contribution is 2.27. The lowest BCUT2D eigenvalue weighted by atomic mass is 9.97. The number of ether oxygens (including phenoxy) is 1. The Morgan fingerprint density at radius 3 is 2.67 bits per heavy atom. The van der Waals surface area contributed by atoms with Crippen LogP contribution in [0.3, 0.4) is 0 Å². The fourth-order valence-corrected chi connectivity index (χ4v) is 3.89. The van der Waals surface area contributed by atoms with Gasteiger partial charge in [-0.25, -0.2) is 13.2 Å². The lowest BCUT2D eigenvalue weighted by Crippen LogP contribution is -2.33. The average molecular weight is 311 g/mol. The van der Waals surface area contributed by atoms with E-state index in [-0.39, 0.29) is 6.10 Å². The highest BCUT2D eigenvalue weighted by molar-refractivity contribution is 7.91. The summed E-state index contributed by atoms with van der Waals surface area (Å²) in [6.45, 7) is 1.80. The minimum absolute atomic E-state index is 0.331. The van der Waals surface area contributed by atoms with Crippen molar-refractivity contribution in [3.63, 3.8) is 0 Å². The van der Waals surface area contributed by atoms with E-state index in [1.165, 1.54) is 6.26 Å². The summed E-state index contributed by atoms with van der Waals surface area (Å²) in [5.74, 6) is -0.411. The third-order valence-electron chi connectivity index (χ3n) is 3.93. The van der Waals surface area contributed by atoms with Crippen LogP contribution in [0.4, 0.5) is 5.69 Å². The topological polar surface area (TPSA) is 86.5 Å². The second-order valence-corrected chi connectivity index (χ2v) is 8.05. The van der Waals surface area contributed by atoms with Gasteiger partial charge in [0.05, 0.1) is 10.8 Å². The molecule has 1 aromatic rings. The van der Waals surface area contributed by atoms with Gasteiger partial charge in [-0.1, -0.05) is 0 Å². The highest BCUT2D eigenvalue weighted by Gasteiger charge is 2.31. The molecule has 1 aromatic carbocycles. The van der Waals surface area contributed by atoms with Crippen LogP contribution in [0.25, 0.3) is 0 Å². The van der Waals surface area contributed by atoms with Gasteiger partial charge in [-0.3, -0.25) is 0 Å². The van der Waals surface area contributed by atoms with Crippen molar-refractivity contribution >= 4 is 21.5 Å². The first-order valence-corrected chi connectivity index (χ1v) is 8.99. The second kappa shape index (κ2) is 6.05. The molecular formula is C15H21NO4S. The predicted octanol–water partition coefficient (Wildman–Crippen LogP) is 2.09. The Morgan fingerprint density at radius 2 is 2.05 bits per heavy atom. The number of hydrogen-bond donors (Lipinski definition) is 1. The number of anilines is 1. The van der Waals surface area contributed by atoms with Crippen molar-refractivity contribution in [3.05, 3.63) is 29.3 Å². The van der Waals surface area contributed by atoms with Gasteiger partial charge in [0.15, 0.2) is 0 Å². The van der Waals surface area contributed by atoms with Crippen LogP contribution in [0.5, 0.6) is 0 Å². The Labute approximate surface area is 125 Å². The number of aryl methyl sites for hydroxylation is 1. The van der Waals surface area contributed by atoms with Crippen molar-refractivity contribution in [2.24, 2.45) is 0 Å². The van der Waals surface area contributed by atoms with Crippen LogP contribution < -0.4 is 5.73 Å². The first kappa shape index (κ1) is 15.8. The number of carbonyl (C=O) groups excluding carboxylic acids is 1. The van der Waals surface area contributed by atoms with E-state index in [0.29, 0.717) is 30.5 Å². The van der Waals surface area contributed by atoms with Crippen molar-refractivity contribution < 1.29 is 17.9 Å². The Morgan fingerprint density at radius 1 is 1.33 bits per heavy atom. The molecule has 0 aromatic heterocycles. The quantitative estimate of drug-likeness (QED) is 0.682. The van der Waals surface area contributed by atoms with Crippen LogP contribution in [-0.4, -0.2) is 32.0 Å². The van der Waals surface area contributed by atoms with Gasteiger partial charge in [-0.15, -0.1) is 0 Å². The molecule has 1 aliphatic carbocycles. The average Bonchev–Trinajstić information content (AvgIpc) is 2.37. The Bertz CT molecular complexity index is 639. The number of nitrogen functional groups attached to an aromatic ring is 1. The summed E-state index contributed by atoms with van der Waals surface area (Å²) in [6, 6.07) is 5.02. The van der Waals surface area contributed by atoms with Gasteiger partial charge >= 0.3 is 5.97 Å². The number of sulfone groups is 1. The van der Waals surface area contributed by atoms with Crippen LogP contribution in [-0.2, 0) is 14.6 Å². The minimum atomic E-state index is -3.08. The number of nitrogens with two attached hydrogens (primary N) is 1. The van der Waals surface area contributed by atoms with E-state index >= 15 is 0 Å². The van der Waals surface area contributed by atoms with Crippen molar-refractivity contribution in [3.8, 4) is 0 Å². The lowest BCUT2D eigenvalue weighted by Gasteiger charge is -2.27. The van der Waals surface area contributed by atoms with Crippen molar-refractivity contribution in [1.29, 1.82) is 0 Å². The molecule has 116 valence electrons.